The molecule has 2 rings (SSSR count). The summed E-state index contributed by atoms with van der Waals surface area (Å²) in [6, 6.07) is 13.2. The molecule has 1 heterocycles. The van der Waals surface area contributed by atoms with E-state index in [1.54, 1.807) is 0 Å². The third kappa shape index (κ3) is 4.57. The van der Waals surface area contributed by atoms with Gasteiger partial charge in [-0.1, -0.05) is 19.1 Å². The monoisotopic (exact) mass is 283 g/mol. The molecule has 0 bridgehead atoms. The Kier molecular flexibility index (Phi) is 5.76. The number of aromatic nitrogens is 1. The largest absolute Gasteiger partial charge is 0.367 e. The van der Waals surface area contributed by atoms with E-state index in [4.69, 9.17) is 5.73 Å². The van der Waals surface area contributed by atoms with Gasteiger partial charge in [-0.2, -0.15) is 0 Å². The minimum Gasteiger partial charge on any atom is -0.367 e. The molecular formula is C18H25N3. The summed E-state index contributed by atoms with van der Waals surface area (Å²) in [5, 5.41) is 0. The summed E-state index contributed by atoms with van der Waals surface area (Å²) in [5.74, 6) is 0. The number of anilines is 1. The Balaban J connectivity index is 2.05. The first-order valence-corrected chi connectivity index (χ1v) is 7.71. The average Bonchev–Trinajstić information content (AvgIpc) is 2.54. The van der Waals surface area contributed by atoms with E-state index in [0.29, 0.717) is 0 Å². The molecule has 1 aromatic heterocycles. The van der Waals surface area contributed by atoms with Crippen molar-refractivity contribution in [2.45, 2.75) is 39.3 Å². The second-order valence-corrected chi connectivity index (χ2v) is 5.41. The second kappa shape index (κ2) is 7.79. The highest BCUT2D eigenvalue weighted by molar-refractivity contribution is 5.48. The van der Waals surface area contributed by atoms with Crippen molar-refractivity contribution < 1.29 is 0 Å². The molecule has 21 heavy (non-hydrogen) atoms. The van der Waals surface area contributed by atoms with Crippen molar-refractivity contribution in [3.63, 3.8) is 0 Å². The van der Waals surface area contributed by atoms with Gasteiger partial charge in [0, 0.05) is 37.2 Å². The van der Waals surface area contributed by atoms with Crippen LogP contribution in [0.5, 0.6) is 0 Å². The number of rotatable bonds is 7. The highest BCUT2D eigenvalue weighted by Crippen LogP contribution is 2.18. The predicted molar refractivity (Wildman–Crippen MR) is 89.4 cm³/mol. The predicted octanol–water partition coefficient (Wildman–Crippen LogP) is 3.39. The van der Waals surface area contributed by atoms with Gasteiger partial charge >= 0.3 is 0 Å². The van der Waals surface area contributed by atoms with Gasteiger partial charge in [0.05, 0.1) is 0 Å². The van der Waals surface area contributed by atoms with Gasteiger partial charge in [0.25, 0.3) is 0 Å². The van der Waals surface area contributed by atoms with Crippen LogP contribution in [0.2, 0.25) is 0 Å². The fourth-order valence-electron chi connectivity index (χ4n) is 2.38. The first-order chi connectivity index (χ1) is 10.2. The molecule has 3 heteroatoms. The van der Waals surface area contributed by atoms with Crippen LogP contribution in [0.25, 0.3) is 0 Å². The zero-order chi connectivity index (χ0) is 15.1. The molecule has 1 unspecified atom stereocenters. The molecule has 0 fully saturated rings. The van der Waals surface area contributed by atoms with E-state index in [9.17, 15) is 0 Å². The van der Waals surface area contributed by atoms with E-state index < -0.39 is 0 Å². The Hall–Kier alpha value is -1.87. The minimum atomic E-state index is 0.259. The van der Waals surface area contributed by atoms with Crippen LogP contribution in [0, 0.1) is 0 Å². The first kappa shape index (κ1) is 15.5. The average molecular weight is 283 g/mol. The molecule has 0 spiro atoms. The standard InChI is InChI=1S/C18H25N3/c1-3-17(19)13-15-5-7-18(8-6-15)21(4-2)14-16-9-11-20-12-10-16/h5-12,17H,3-4,13-14,19H2,1-2H3. The molecule has 0 aliphatic rings. The van der Waals surface area contributed by atoms with Gasteiger partial charge in [0.1, 0.15) is 0 Å². The number of nitrogens with zero attached hydrogens (tertiary/aromatic N) is 2. The zero-order valence-electron chi connectivity index (χ0n) is 13.0. The third-order valence-electron chi connectivity index (χ3n) is 3.83. The van der Waals surface area contributed by atoms with Gasteiger partial charge in [-0.05, 0) is 55.2 Å². The van der Waals surface area contributed by atoms with E-state index in [1.807, 2.05) is 12.4 Å². The summed E-state index contributed by atoms with van der Waals surface area (Å²) in [5.41, 5.74) is 9.86. The highest BCUT2D eigenvalue weighted by atomic mass is 15.1. The number of hydrogen-bond acceptors (Lipinski definition) is 3. The topological polar surface area (TPSA) is 42.1 Å². The lowest BCUT2D eigenvalue weighted by atomic mass is 10.0. The summed E-state index contributed by atoms with van der Waals surface area (Å²) in [7, 11) is 0. The lowest BCUT2D eigenvalue weighted by molar-refractivity contribution is 0.646. The Labute approximate surface area is 127 Å². The third-order valence-corrected chi connectivity index (χ3v) is 3.83. The maximum atomic E-state index is 6.01. The van der Waals surface area contributed by atoms with E-state index >= 15 is 0 Å². The SMILES string of the molecule is CCC(N)Cc1ccc(N(CC)Cc2ccncc2)cc1. The summed E-state index contributed by atoms with van der Waals surface area (Å²) >= 11 is 0. The highest BCUT2D eigenvalue weighted by Gasteiger charge is 2.06. The van der Waals surface area contributed by atoms with Crippen molar-refractivity contribution >= 4 is 5.69 Å². The summed E-state index contributed by atoms with van der Waals surface area (Å²) in [6.07, 6.45) is 5.66. The van der Waals surface area contributed by atoms with Crippen LogP contribution in [0.4, 0.5) is 5.69 Å². The van der Waals surface area contributed by atoms with Gasteiger partial charge in [-0.3, -0.25) is 4.98 Å². The quantitative estimate of drug-likeness (QED) is 0.847. The van der Waals surface area contributed by atoms with E-state index in [-0.39, 0.29) is 6.04 Å². The zero-order valence-corrected chi connectivity index (χ0v) is 13.0. The molecule has 0 saturated carbocycles. The molecule has 2 N–H and O–H groups in total. The number of nitrogens with two attached hydrogens (primary N) is 1. The molecule has 0 saturated heterocycles. The second-order valence-electron chi connectivity index (χ2n) is 5.41. The van der Waals surface area contributed by atoms with Crippen LogP contribution in [-0.2, 0) is 13.0 Å². The van der Waals surface area contributed by atoms with Gasteiger partial charge in [-0.15, -0.1) is 0 Å². The van der Waals surface area contributed by atoms with Crippen LogP contribution in [0.1, 0.15) is 31.4 Å². The molecular weight excluding hydrogens is 258 g/mol. The van der Waals surface area contributed by atoms with Gasteiger partial charge < -0.3 is 10.6 Å². The van der Waals surface area contributed by atoms with Crippen LogP contribution in [-0.4, -0.2) is 17.6 Å². The van der Waals surface area contributed by atoms with E-state index in [2.05, 4.69) is 60.1 Å². The van der Waals surface area contributed by atoms with Crippen molar-refractivity contribution in [3.05, 3.63) is 59.9 Å². The van der Waals surface area contributed by atoms with E-state index in [0.717, 1.165) is 25.9 Å². The molecule has 0 radical (unpaired) electrons. The fourth-order valence-corrected chi connectivity index (χ4v) is 2.38. The molecule has 0 aliphatic carbocycles. The van der Waals surface area contributed by atoms with Crippen molar-refractivity contribution in [1.29, 1.82) is 0 Å². The summed E-state index contributed by atoms with van der Waals surface area (Å²) < 4.78 is 0. The number of pyridine rings is 1. The Morgan fingerprint density at radius 2 is 1.67 bits per heavy atom. The van der Waals surface area contributed by atoms with Crippen LogP contribution in [0.3, 0.4) is 0 Å². The molecule has 1 aromatic carbocycles. The normalized spacial score (nSPS) is 12.1. The Morgan fingerprint density at radius 1 is 1.00 bits per heavy atom. The lowest BCUT2D eigenvalue weighted by Gasteiger charge is -2.23. The van der Waals surface area contributed by atoms with Gasteiger partial charge in [0.15, 0.2) is 0 Å². The first-order valence-electron chi connectivity index (χ1n) is 7.71. The van der Waals surface area contributed by atoms with Gasteiger partial charge in [0.2, 0.25) is 0 Å². The lowest BCUT2D eigenvalue weighted by Crippen LogP contribution is -2.23. The van der Waals surface area contributed by atoms with Crippen molar-refractivity contribution in [1.82, 2.24) is 4.98 Å². The fraction of sp³-hybridized carbons (Fsp3) is 0.389. The van der Waals surface area contributed by atoms with Crippen LogP contribution in [0.15, 0.2) is 48.8 Å². The van der Waals surface area contributed by atoms with Crippen molar-refractivity contribution in [2.75, 3.05) is 11.4 Å². The smallest absolute Gasteiger partial charge is 0.0430 e. The summed E-state index contributed by atoms with van der Waals surface area (Å²) in [4.78, 5) is 6.43. The molecule has 0 amide bonds. The molecule has 1 atom stereocenters. The molecule has 112 valence electrons. The molecule has 0 aliphatic heterocycles. The maximum Gasteiger partial charge on any atom is 0.0430 e. The maximum absolute atomic E-state index is 6.01. The van der Waals surface area contributed by atoms with Crippen LogP contribution >= 0.6 is 0 Å². The Bertz CT molecular complexity index is 522. The van der Waals surface area contributed by atoms with Crippen molar-refractivity contribution in [2.24, 2.45) is 5.73 Å². The minimum absolute atomic E-state index is 0.259. The number of hydrogen-bond donors (Lipinski definition) is 1. The van der Waals surface area contributed by atoms with Crippen molar-refractivity contribution in [3.8, 4) is 0 Å². The van der Waals surface area contributed by atoms with Gasteiger partial charge in [-0.25, -0.2) is 0 Å². The molecule has 2 aromatic rings. The molecule has 3 nitrogen and oxygen atoms in total. The Morgan fingerprint density at radius 3 is 2.24 bits per heavy atom. The number of benzene rings is 1. The van der Waals surface area contributed by atoms with Crippen LogP contribution < -0.4 is 10.6 Å². The van der Waals surface area contributed by atoms with E-state index in [1.165, 1.54) is 16.8 Å². The summed E-state index contributed by atoms with van der Waals surface area (Å²) in [6.45, 7) is 6.21.